The standard InChI is InChI=1S/C21H23NO5S2.Li/c1-21(2)14-16(10-11-27-21)15-8-9-19-17(12-15)13-20(28(23)24)22(19)29(25,26)18-6-4-3-5-7-18;/h3-9,12-13,16H,10-11,14H2,1-2H3,(H,23,24);/q;+1/p-1. The van der Waals surface area contributed by atoms with Gasteiger partial charge in [0, 0.05) is 12.0 Å². The first kappa shape index (κ1) is 23.3. The van der Waals surface area contributed by atoms with Crippen LogP contribution in [-0.4, -0.2) is 33.4 Å². The van der Waals surface area contributed by atoms with Gasteiger partial charge in [-0.2, -0.15) is 0 Å². The zero-order valence-electron chi connectivity index (χ0n) is 17.2. The summed E-state index contributed by atoms with van der Waals surface area (Å²) < 4.78 is 56.7. The molecule has 0 aliphatic carbocycles. The van der Waals surface area contributed by atoms with Crippen LogP contribution in [0.2, 0.25) is 0 Å². The van der Waals surface area contributed by atoms with Crippen molar-refractivity contribution in [3.05, 3.63) is 60.2 Å². The summed E-state index contributed by atoms with van der Waals surface area (Å²) in [7, 11) is -4.05. The molecule has 3 aromatic rings. The quantitative estimate of drug-likeness (QED) is 0.443. The molecule has 1 fully saturated rings. The van der Waals surface area contributed by atoms with Crippen molar-refractivity contribution in [3.63, 3.8) is 0 Å². The molecule has 6 nitrogen and oxygen atoms in total. The van der Waals surface area contributed by atoms with Crippen LogP contribution >= 0.6 is 0 Å². The first-order valence-electron chi connectivity index (χ1n) is 9.38. The van der Waals surface area contributed by atoms with Crippen molar-refractivity contribution in [3.8, 4) is 0 Å². The molecule has 2 unspecified atom stereocenters. The number of benzene rings is 2. The van der Waals surface area contributed by atoms with Crippen molar-refractivity contribution in [1.29, 1.82) is 0 Å². The van der Waals surface area contributed by atoms with Crippen LogP contribution < -0.4 is 18.9 Å². The van der Waals surface area contributed by atoms with Gasteiger partial charge in [-0.15, -0.1) is 0 Å². The number of aromatic nitrogens is 1. The third-order valence-electron chi connectivity index (χ3n) is 5.37. The molecule has 0 bridgehead atoms. The molecule has 0 N–H and O–H groups in total. The Morgan fingerprint density at radius 1 is 1.13 bits per heavy atom. The summed E-state index contributed by atoms with van der Waals surface area (Å²) in [5.41, 5.74) is 1.19. The average Bonchev–Trinajstić information content (AvgIpc) is 3.08. The fourth-order valence-corrected chi connectivity index (χ4v) is 6.38. The smallest absolute Gasteiger partial charge is 0.767 e. The predicted octanol–water partition coefficient (Wildman–Crippen LogP) is 0.793. The molecule has 1 aliphatic rings. The zero-order valence-corrected chi connectivity index (χ0v) is 18.8. The summed E-state index contributed by atoms with van der Waals surface area (Å²) in [5, 5.41) is 0.318. The maximum absolute atomic E-state index is 13.2. The molecule has 4 rings (SSSR count). The Morgan fingerprint density at radius 2 is 1.83 bits per heavy atom. The van der Waals surface area contributed by atoms with E-state index in [9.17, 15) is 17.2 Å². The Balaban J connectivity index is 0.00000256. The molecule has 0 spiro atoms. The molecule has 9 heteroatoms. The average molecular weight is 439 g/mol. The number of hydrogen-bond acceptors (Lipinski definition) is 5. The molecule has 0 radical (unpaired) electrons. The maximum Gasteiger partial charge on any atom is 1.00 e. The van der Waals surface area contributed by atoms with Gasteiger partial charge in [0.05, 0.1) is 16.0 Å². The minimum Gasteiger partial charge on any atom is -0.767 e. The van der Waals surface area contributed by atoms with Crippen LogP contribution in [0.1, 0.15) is 38.2 Å². The maximum atomic E-state index is 13.2. The summed E-state index contributed by atoms with van der Waals surface area (Å²) in [6.07, 6.45) is 1.72. The van der Waals surface area contributed by atoms with Crippen molar-refractivity contribution >= 4 is 32.0 Å². The third-order valence-corrected chi connectivity index (χ3v) is 7.87. The second-order valence-corrected chi connectivity index (χ2v) is 10.6. The van der Waals surface area contributed by atoms with Crippen LogP contribution in [0.5, 0.6) is 0 Å². The monoisotopic (exact) mass is 439 g/mol. The molecule has 1 aliphatic heterocycles. The van der Waals surface area contributed by atoms with Gasteiger partial charge in [0.25, 0.3) is 10.0 Å². The Morgan fingerprint density at radius 3 is 2.47 bits per heavy atom. The van der Waals surface area contributed by atoms with Crippen molar-refractivity contribution in [2.45, 2.75) is 48.1 Å². The van der Waals surface area contributed by atoms with Crippen molar-refractivity contribution in [2.24, 2.45) is 0 Å². The number of rotatable bonds is 4. The van der Waals surface area contributed by atoms with Gasteiger partial charge < -0.3 is 9.29 Å². The number of ether oxygens (including phenoxy) is 1. The Hall–Kier alpha value is -1.40. The van der Waals surface area contributed by atoms with Gasteiger partial charge in [0.1, 0.15) is 5.03 Å². The predicted molar refractivity (Wildman–Crippen MR) is 110 cm³/mol. The van der Waals surface area contributed by atoms with E-state index in [1.807, 2.05) is 12.1 Å². The topological polar surface area (TPSA) is 88.4 Å². The van der Waals surface area contributed by atoms with Crippen molar-refractivity contribution < 1.29 is 40.8 Å². The third kappa shape index (κ3) is 4.31. The van der Waals surface area contributed by atoms with Crippen LogP contribution in [-0.2, 0) is 25.8 Å². The van der Waals surface area contributed by atoms with E-state index in [0.29, 0.717) is 17.5 Å². The molecule has 30 heavy (non-hydrogen) atoms. The SMILES string of the molecule is CC1(C)CC(c2ccc3c(c2)cc(S(=O)[O-])n3S(=O)(=O)c2ccccc2)CCO1.[Li+]. The van der Waals surface area contributed by atoms with Crippen LogP contribution in [0.3, 0.4) is 0 Å². The summed E-state index contributed by atoms with van der Waals surface area (Å²) in [6.45, 7) is 4.77. The minimum absolute atomic E-state index is 0. The van der Waals surface area contributed by atoms with E-state index in [1.54, 1.807) is 24.3 Å². The Labute approximate surface area is 191 Å². The zero-order chi connectivity index (χ0) is 20.8. The molecular weight excluding hydrogens is 417 g/mol. The van der Waals surface area contributed by atoms with E-state index in [-0.39, 0.29) is 40.3 Å². The van der Waals surface area contributed by atoms with Crippen LogP contribution in [0.25, 0.3) is 10.9 Å². The number of nitrogens with zero attached hydrogens (tertiary/aromatic N) is 1. The van der Waals surface area contributed by atoms with Gasteiger partial charge in [-0.3, -0.25) is 4.21 Å². The Bertz CT molecular complexity index is 1190. The van der Waals surface area contributed by atoms with Gasteiger partial charge >= 0.3 is 18.9 Å². The molecule has 2 heterocycles. The molecule has 1 saturated heterocycles. The summed E-state index contributed by atoms with van der Waals surface area (Å²) in [4.78, 5) is 0.0412. The molecular formula is C21H22LiNO5S2. The van der Waals surface area contributed by atoms with Crippen molar-refractivity contribution in [2.75, 3.05) is 6.61 Å². The summed E-state index contributed by atoms with van der Waals surface area (Å²) in [6, 6.07) is 14.7. The largest absolute Gasteiger partial charge is 1.00 e. The van der Waals surface area contributed by atoms with E-state index in [1.165, 1.54) is 18.2 Å². The van der Waals surface area contributed by atoms with Gasteiger partial charge in [-0.05, 0) is 79.6 Å². The van der Waals surface area contributed by atoms with Gasteiger partial charge in [0.2, 0.25) is 0 Å². The van der Waals surface area contributed by atoms with Crippen LogP contribution in [0.4, 0.5) is 0 Å². The summed E-state index contributed by atoms with van der Waals surface area (Å²) in [5.74, 6) is 0.276. The molecule has 0 amide bonds. The van der Waals surface area contributed by atoms with Gasteiger partial charge in [-0.1, -0.05) is 24.3 Å². The van der Waals surface area contributed by atoms with E-state index in [0.717, 1.165) is 22.4 Å². The number of hydrogen-bond donors (Lipinski definition) is 0. The summed E-state index contributed by atoms with van der Waals surface area (Å²) >= 11 is -2.70. The fourth-order valence-electron chi connectivity index (χ4n) is 4.02. The molecule has 0 saturated carbocycles. The van der Waals surface area contributed by atoms with Gasteiger partial charge in [0.15, 0.2) is 0 Å². The van der Waals surface area contributed by atoms with Crippen molar-refractivity contribution in [1.82, 2.24) is 3.97 Å². The Kier molecular flexibility index (Phi) is 6.68. The van der Waals surface area contributed by atoms with E-state index < -0.39 is 21.1 Å². The van der Waals surface area contributed by atoms with E-state index in [4.69, 9.17) is 4.74 Å². The molecule has 2 atom stereocenters. The minimum atomic E-state index is -4.05. The fraction of sp³-hybridized carbons (Fsp3) is 0.333. The van der Waals surface area contributed by atoms with E-state index in [2.05, 4.69) is 13.8 Å². The normalized spacial score (nSPS) is 19.9. The number of fused-ring (bicyclic) bond motifs is 1. The van der Waals surface area contributed by atoms with Crippen LogP contribution in [0.15, 0.2) is 64.5 Å². The molecule has 2 aromatic carbocycles. The molecule has 154 valence electrons. The first-order valence-corrected chi connectivity index (χ1v) is 11.9. The molecule has 1 aromatic heterocycles. The second-order valence-electron chi connectivity index (χ2n) is 7.92. The van der Waals surface area contributed by atoms with Gasteiger partial charge in [-0.25, -0.2) is 12.4 Å². The van der Waals surface area contributed by atoms with E-state index >= 15 is 0 Å². The first-order chi connectivity index (χ1) is 13.7. The van der Waals surface area contributed by atoms with Crippen LogP contribution in [0, 0.1) is 0 Å². The second kappa shape index (κ2) is 8.62.